The lowest BCUT2D eigenvalue weighted by Crippen LogP contribution is -2.47. The van der Waals surface area contributed by atoms with Crippen molar-refractivity contribution in [2.24, 2.45) is 5.41 Å². The van der Waals surface area contributed by atoms with Crippen LogP contribution in [0.3, 0.4) is 0 Å². The van der Waals surface area contributed by atoms with E-state index in [-0.39, 0.29) is 13.1 Å². The number of likely N-dealkylation sites (tertiary alicyclic amines) is 1. The fraction of sp³-hybridized carbons (Fsp3) is 0.538. The van der Waals surface area contributed by atoms with Crippen molar-refractivity contribution in [1.29, 1.82) is 0 Å². The van der Waals surface area contributed by atoms with Gasteiger partial charge >= 0.3 is 12.1 Å². The first-order valence-corrected chi connectivity index (χ1v) is 6.19. The van der Waals surface area contributed by atoms with Gasteiger partial charge in [0, 0.05) is 25.8 Å². The summed E-state index contributed by atoms with van der Waals surface area (Å²) >= 11 is 0. The van der Waals surface area contributed by atoms with Gasteiger partial charge in [-0.15, -0.1) is 0 Å². The zero-order valence-electron chi connectivity index (χ0n) is 10.9. The molecule has 7 heteroatoms. The first kappa shape index (κ1) is 14.8. The molecule has 1 unspecified atom stereocenters. The maximum atomic E-state index is 13.0. The smallest absolute Gasteiger partial charge is 0.406 e. The number of carboxylic acids is 1. The van der Waals surface area contributed by atoms with Crippen LogP contribution < -0.4 is 0 Å². The molecule has 1 saturated heterocycles. The first-order valence-electron chi connectivity index (χ1n) is 6.19. The second kappa shape index (κ2) is 5.05. The van der Waals surface area contributed by atoms with Crippen LogP contribution in [-0.2, 0) is 11.3 Å². The lowest BCUT2D eigenvalue weighted by atomic mass is 9.86. The highest BCUT2D eigenvalue weighted by Gasteiger charge is 2.63. The molecule has 0 amide bonds. The SMILES string of the molecule is Cc1ccc(CN2CCC(C(=O)O)(C(F)(F)F)C2)nc1. The Morgan fingerprint density at radius 1 is 1.50 bits per heavy atom. The van der Waals surface area contributed by atoms with Gasteiger partial charge in [0.2, 0.25) is 0 Å². The lowest BCUT2D eigenvalue weighted by molar-refractivity contribution is -0.227. The summed E-state index contributed by atoms with van der Waals surface area (Å²) in [5, 5.41) is 8.96. The number of carboxylic acid groups (broad SMARTS) is 1. The summed E-state index contributed by atoms with van der Waals surface area (Å²) in [5.41, 5.74) is -1.05. The third-order valence-corrected chi connectivity index (χ3v) is 3.66. The molecule has 0 radical (unpaired) electrons. The van der Waals surface area contributed by atoms with Crippen molar-refractivity contribution >= 4 is 5.97 Å². The Bertz CT molecular complexity index is 501. The second-order valence-electron chi connectivity index (χ2n) is 5.17. The summed E-state index contributed by atoms with van der Waals surface area (Å²) in [4.78, 5) is 16.7. The van der Waals surface area contributed by atoms with Crippen molar-refractivity contribution in [3.63, 3.8) is 0 Å². The van der Waals surface area contributed by atoms with E-state index in [9.17, 15) is 18.0 Å². The van der Waals surface area contributed by atoms with Crippen LogP contribution in [0, 0.1) is 12.3 Å². The minimum Gasteiger partial charge on any atom is -0.481 e. The van der Waals surface area contributed by atoms with Crippen LogP contribution in [0.15, 0.2) is 18.3 Å². The van der Waals surface area contributed by atoms with E-state index in [0.29, 0.717) is 5.69 Å². The van der Waals surface area contributed by atoms with Gasteiger partial charge in [-0.1, -0.05) is 6.07 Å². The Morgan fingerprint density at radius 2 is 2.20 bits per heavy atom. The van der Waals surface area contributed by atoms with Gasteiger partial charge in [0.05, 0.1) is 5.69 Å². The summed E-state index contributed by atoms with van der Waals surface area (Å²) in [6.45, 7) is 1.67. The molecule has 0 aliphatic carbocycles. The molecule has 0 aromatic carbocycles. The monoisotopic (exact) mass is 288 g/mol. The molecular formula is C13H15F3N2O2. The standard InChI is InChI=1S/C13H15F3N2O2/c1-9-2-3-10(17-6-9)7-18-5-4-12(8-18,11(19)20)13(14,15)16/h2-3,6H,4-5,7-8H2,1H3,(H,19,20). The Hall–Kier alpha value is -1.63. The van der Waals surface area contributed by atoms with Crippen molar-refractivity contribution in [3.05, 3.63) is 29.6 Å². The van der Waals surface area contributed by atoms with Crippen molar-refractivity contribution in [1.82, 2.24) is 9.88 Å². The minimum absolute atomic E-state index is 0.0986. The minimum atomic E-state index is -4.74. The highest BCUT2D eigenvalue weighted by Crippen LogP contribution is 2.45. The Balaban J connectivity index is 2.11. The molecule has 1 aromatic rings. The highest BCUT2D eigenvalue weighted by molar-refractivity contribution is 5.76. The molecule has 1 aliphatic rings. The molecule has 2 heterocycles. The van der Waals surface area contributed by atoms with Gasteiger partial charge in [0.15, 0.2) is 5.41 Å². The average molecular weight is 288 g/mol. The van der Waals surface area contributed by atoms with Crippen molar-refractivity contribution in [2.45, 2.75) is 26.1 Å². The number of nitrogens with zero attached hydrogens (tertiary/aromatic N) is 2. The van der Waals surface area contributed by atoms with E-state index in [0.717, 1.165) is 5.56 Å². The summed E-state index contributed by atoms with van der Waals surface area (Å²) in [6, 6.07) is 3.57. The largest absolute Gasteiger partial charge is 0.481 e. The number of carbonyl (C=O) groups is 1. The Labute approximate surface area is 114 Å². The fourth-order valence-electron chi connectivity index (χ4n) is 2.37. The molecule has 4 nitrogen and oxygen atoms in total. The van der Waals surface area contributed by atoms with Crippen molar-refractivity contribution in [2.75, 3.05) is 13.1 Å². The van der Waals surface area contributed by atoms with E-state index in [1.165, 1.54) is 4.90 Å². The number of aromatic nitrogens is 1. The van der Waals surface area contributed by atoms with Crippen LogP contribution in [0.2, 0.25) is 0 Å². The van der Waals surface area contributed by atoms with Crippen molar-refractivity contribution < 1.29 is 23.1 Å². The number of pyridine rings is 1. The summed E-state index contributed by atoms with van der Waals surface area (Å²) in [6.07, 6.45) is -3.52. The van der Waals surface area contributed by atoms with E-state index >= 15 is 0 Å². The van der Waals surface area contributed by atoms with Crippen molar-refractivity contribution in [3.8, 4) is 0 Å². The predicted molar refractivity (Wildman–Crippen MR) is 65.0 cm³/mol. The number of rotatable bonds is 3. The van der Waals surface area contributed by atoms with Crippen LogP contribution in [0.4, 0.5) is 13.2 Å². The van der Waals surface area contributed by atoms with Gasteiger partial charge in [-0.2, -0.15) is 13.2 Å². The lowest BCUT2D eigenvalue weighted by Gasteiger charge is -2.27. The van der Waals surface area contributed by atoms with Gasteiger partial charge in [-0.05, 0) is 25.0 Å². The van der Waals surface area contributed by atoms with Crippen LogP contribution in [-0.4, -0.2) is 40.2 Å². The van der Waals surface area contributed by atoms with E-state index < -0.39 is 30.5 Å². The van der Waals surface area contributed by atoms with Crippen LogP contribution >= 0.6 is 0 Å². The van der Waals surface area contributed by atoms with Gasteiger partial charge in [-0.3, -0.25) is 14.7 Å². The third kappa shape index (κ3) is 2.63. The molecule has 110 valence electrons. The average Bonchev–Trinajstić information content (AvgIpc) is 2.77. The van der Waals surface area contributed by atoms with Gasteiger partial charge in [0.25, 0.3) is 0 Å². The summed E-state index contributed by atoms with van der Waals surface area (Å²) in [5.74, 6) is -1.80. The van der Waals surface area contributed by atoms with E-state index in [1.807, 2.05) is 13.0 Å². The first-order chi connectivity index (χ1) is 9.24. The molecule has 1 aromatic heterocycles. The number of hydrogen-bond donors (Lipinski definition) is 1. The molecule has 1 N–H and O–H groups in total. The van der Waals surface area contributed by atoms with Crippen LogP contribution in [0.25, 0.3) is 0 Å². The number of halogens is 3. The maximum Gasteiger partial charge on any atom is 0.406 e. The third-order valence-electron chi connectivity index (χ3n) is 3.66. The normalized spacial score (nSPS) is 24.0. The molecule has 1 atom stereocenters. The van der Waals surface area contributed by atoms with E-state index in [1.54, 1.807) is 12.3 Å². The van der Waals surface area contributed by atoms with Gasteiger partial charge < -0.3 is 5.11 Å². The molecule has 20 heavy (non-hydrogen) atoms. The molecule has 2 rings (SSSR count). The topological polar surface area (TPSA) is 53.4 Å². The van der Waals surface area contributed by atoms with Gasteiger partial charge in [-0.25, -0.2) is 0 Å². The Morgan fingerprint density at radius 3 is 2.65 bits per heavy atom. The highest BCUT2D eigenvalue weighted by atomic mass is 19.4. The maximum absolute atomic E-state index is 13.0. The number of aliphatic carboxylic acids is 1. The predicted octanol–water partition coefficient (Wildman–Crippen LogP) is 2.23. The van der Waals surface area contributed by atoms with Crippen LogP contribution in [0.5, 0.6) is 0 Å². The molecule has 0 saturated carbocycles. The molecule has 1 aliphatic heterocycles. The molecule has 0 spiro atoms. The van der Waals surface area contributed by atoms with Crippen LogP contribution in [0.1, 0.15) is 17.7 Å². The summed E-state index contributed by atoms with van der Waals surface area (Å²) < 4.78 is 39.0. The quantitative estimate of drug-likeness (QED) is 0.926. The molecule has 1 fully saturated rings. The second-order valence-corrected chi connectivity index (χ2v) is 5.17. The van der Waals surface area contributed by atoms with E-state index in [2.05, 4.69) is 4.98 Å². The Kier molecular flexibility index (Phi) is 3.73. The summed E-state index contributed by atoms with van der Waals surface area (Å²) in [7, 11) is 0. The zero-order chi connectivity index (χ0) is 15.0. The number of alkyl halides is 3. The fourth-order valence-corrected chi connectivity index (χ4v) is 2.37. The molecule has 0 bridgehead atoms. The zero-order valence-corrected chi connectivity index (χ0v) is 10.9. The van der Waals surface area contributed by atoms with Gasteiger partial charge in [0.1, 0.15) is 0 Å². The molecular weight excluding hydrogens is 273 g/mol. The van der Waals surface area contributed by atoms with E-state index in [4.69, 9.17) is 5.11 Å². The number of aryl methyl sites for hydroxylation is 1. The number of hydrogen-bond acceptors (Lipinski definition) is 3.